The zero-order valence-corrected chi connectivity index (χ0v) is 13.1. The number of rotatable bonds is 7. The van der Waals surface area contributed by atoms with Crippen LogP contribution in [0.5, 0.6) is 0 Å². The molecule has 3 heteroatoms. The van der Waals surface area contributed by atoms with Crippen molar-refractivity contribution in [3.8, 4) is 0 Å². The van der Waals surface area contributed by atoms with Crippen molar-refractivity contribution in [2.24, 2.45) is 5.41 Å². The lowest BCUT2D eigenvalue weighted by molar-refractivity contribution is 0.324. The summed E-state index contributed by atoms with van der Waals surface area (Å²) in [5.74, 6) is 0. The van der Waals surface area contributed by atoms with Crippen LogP contribution in [0.4, 0.5) is 0 Å². The molecule has 1 aromatic heterocycles. The quantitative estimate of drug-likeness (QED) is 0.768. The largest absolute Gasteiger partial charge is 0.316 e. The molecule has 0 bridgehead atoms. The maximum Gasteiger partial charge on any atom is 0.0633 e. The van der Waals surface area contributed by atoms with Gasteiger partial charge in [-0.05, 0) is 25.5 Å². The highest BCUT2D eigenvalue weighted by Gasteiger charge is 2.22. The Hall–Kier alpha value is -1.09. The summed E-state index contributed by atoms with van der Waals surface area (Å²) in [7, 11) is 0. The number of nitrogens with zero attached hydrogens (tertiary/aromatic N) is 2. The standard InChI is InChI=1S/C17H29N3/c1-4-17(3,14-18-5-2)13-15-11-12-20(19-15)16-9-7-6-8-10-16/h4,11-12,16,18H,1,5-10,13-14H2,2-3H3. The van der Waals surface area contributed by atoms with Gasteiger partial charge in [0.15, 0.2) is 0 Å². The maximum atomic E-state index is 4.82. The van der Waals surface area contributed by atoms with Crippen molar-refractivity contribution in [3.63, 3.8) is 0 Å². The monoisotopic (exact) mass is 275 g/mol. The molecule has 1 aliphatic carbocycles. The Labute approximate surface area is 123 Å². The van der Waals surface area contributed by atoms with Crippen LogP contribution in [0.15, 0.2) is 24.9 Å². The van der Waals surface area contributed by atoms with Gasteiger partial charge in [0.05, 0.1) is 11.7 Å². The molecule has 3 nitrogen and oxygen atoms in total. The predicted molar refractivity (Wildman–Crippen MR) is 84.9 cm³/mol. The van der Waals surface area contributed by atoms with Crippen LogP contribution in [0.1, 0.15) is 57.7 Å². The van der Waals surface area contributed by atoms with E-state index in [4.69, 9.17) is 5.10 Å². The molecule has 1 aromatic rings. The normalized spacial score (nSPS) is 19.7. The average Bonchev–Trinajstić information content (AvgIpc) is 2.94. The first-order chi connectivity index (χ1) is 9.67. The molecule has 1 unspecified atom stereocenters. The highest BCUT2D eigenvalue weighted by atomic mass is 15.3. The van der Waals surface area contributed by atoms with Crippen LogP contribution in [0.25, 0.3) is 0 Å². The van der Waals surface area contributed by atoms with E-state index in [1.807, 2.05) is 0 Å². The van der Waals surface area contributed by atoms with E-state index in [1.165, 1.54) is 37.8 Å². The third-order valence-electron chi connectivity index (χ3n) is 4.47. The Morgan fingerprint density at radius 2 is 2.20 bits per heavy atom. The summed E-state index contributed by atoms with van der Waals surface area (Å²) in [5, 5.41) is 8.24. The average molecular weight is 275 g/mol. The Kier molecular flexibility index (Phi) is 5.41. The van der Waals surface area contributed by atoms with E-state index in [0.717, 1.165) is 19.5 Å². The van der Waals surface area contributed by atoms with Crippen molar-refractivity contribution >= 4 is 0 Å². The molecule has 0 aliphatic heterocycles. The SMILES string of the molecule is C=CC(C)(CNCC)Cc1ccn(C2CCCCC2)n1. The van der Waals surface area contributed by atoms with Crippen molar-refractivity contribution in [2.45, 2.75) is 58.4 Å². The third kappa shape index (κ3) is 3.95. The highest BCUT2D eigenvalue weighted by Crippen LogP contribution is 2.28. The number of aromatic nitrogens is 2. The minimum absolute atomic E-state index is 0.0851. The molecule has 1 N–H and O–H groups in total. The maximum absolute atomic E-state index is 4.82. The first-order valence-electron chi connectivity index (χ1n) is 8.05. The van der Waals surface area contributed by atoms with Crippen molar-refractivity contribution < 1.29 is 0 Å². The molecule has 1 aliphatic rings. The van der Waals surface area contributed by atoms with E-state index in [-0.39, 0.29) is 5.41 Å². The fourth-order valence-electron chi connectivity index (χ4n) is 3.05. The van der Waals surface area contributed by atoms with Crippen molar-refractivity contribution in [1.82, 2.24) is 15.1 Å². The van der Waals surface area contributed by atoms with Crippen LogP contribution in [0.2, 0.25) is 0 Å². The molecule has 20 heavy (non-hydrogen) atoms. The summed E-state index contributed by atoms with van der Waals surface area (Å²) < 4.78 is 2.20. The fourth-order valence-corrected chi connectivity index (χ4v) is 3.05. The van der Waals surface area contributed by atoms with E-state index >= 15 is 0 Å². The van der Waals surface area contributed by atoms with Gasteiger partial charge >= 0.3 is 0 Å². The van der Waals surface area contributed by atoms with Crippen LogP contribution in [0, 0.1) is 5.41 Å². The Balaban J connectivity index is 1.98. The van der Waals surface area contributed by atoms with E-state index < -0.39 is 0 Å². The van der Waals surface area contributed by atoms with Gasteiger partial charge in [-0.2, -0.15) is 5.10 Å². The smallest absolute Gasteiger partial charge is 0.0633 e. The van der Waals surface area contributed by atoms with Gasteiger partial charge < -0.3 is 5.32 Å². The van der Waals surface area contributed by atoms with Gasteiger partial charge in [0.25, 0.3) is 0 Å². The molecule has 0 amide bonds. The number of nitrogens with one attached hydrogen (secondary N) is 1. The topological polar surface area (TPSA) is 29.9 Å². The summed E-state index contributed by atoms with van der Waals surface area (Å²) in [6.45, 7) is 10.4. The van der Waals surface area contributed by atoms with Crippen LogP contribution in [-0.2, 0) is 6.42 Å². The first-order valence-corrected chi connectivity index (χ1v) is 8.05. The summed E-state index contributed by atoms with van der Waals surface area (Å²) in [6.07, 6.45) is 11.9. The minimum Gasteiger partial charge on any atom is -0.316 e. The van der Waals surface area contributed by atoms with Gasteiger partial charge in [0.2, 0.25) is 0 Å². The molecule has 112 valence electrons. The number of hydrogen-bond acceptors (Lipinski definition) is 2. The fraction of sp³-hybridized carbons (Fsp3) is 0.706. The molecule has 2 rings (SSSR count). The summed E-state index contributed by atoms with van der Waals surface area (Å²) in [5.41, 5.74) is 1.28. The molecule has 1 heterocycles. The highest BCUT2D eigenvalue weighted by molar-refractivity contribution is 5.08. The van der Waals surface area contributed by atoms with E-state index in [9.17, 15) is 0 Å². The second-order valence-corrected chi connectivity index (χ2v) is 6.39. The number of hydrogen-bond donors (Lipinski definition) is 1. The minimum atomic E-state index is 0.0851. The molecule has 1 atom stereocenters. The summed E-state index contributed by atoms with van der Waals surface area (Å²) in [6, 6.07) is 2.81. The Morgan fingerprint density at radius 3 is 2.85 bits per heavy atom. The lowest BCUT2D eigenvalue weighted by Crippen LogP contribution is -2.32. The summed E-state index contributed by atoms with van der Waals surface area (Å²) in [4.78, 5) is 0. The van der Waals surface area contributed by atoms with Crippen LogP contribution < -0.4 is 5.32 Å². The van der Waals surface area contributed by atoms with Gasteiger partial charge in [-0.1, -0.05) is 39.2 Å². The van der Waals surface area contributed by atoms with Crippen molar-refractivity contribution in [1.29, 1.82) is 0 Å². The van der Waals surface area contributed by atoms with Crippen LogP contribution >= 0.6 is 0 Å². The molecule has 0 radical (unpaired) electrons. The van der Waals surface area contributed by atoms with Gasteiger partial charge in [0, 0.05) is 24.6 Å². The Morgan fingerprint density at radius 1 is 1.45 bits per heavy atom. The van der Waals surface area contributed by atoms with E-state index in [1.54, 1.807) is 0 Å². The van der Waals surface area contributed by atoms with Crippen molar-refractivity contribution in [3.05, 3.63) is 30.6 Å². The lowest BCUT2D eigenvalue weighted by Gasteiger charge is -2.25. The summed E-state index contributed by atoms with van der Waals surface area (Å²) >= 11 is 0. The van der Waals surface area contributed by atoms with Crippen LogP contribution in [0.3, 0.4) is 0 Å². The molecule has 0 spiro atoms. The first kappa shape index (κ1) is 15.3. The molecule has 1 fully saturated rings. The zero-order valence-electron chi connectivity index (χ0n) is 13.1. The molecule has 0 aromatic carbocycles. The zero-order chi connectivity index (χ0) is 14.4. The van der Waals surface area contributed by atoms with Gasteiger partial charge in [-0.25, -0.2) is 0 Å². The van der Waals surface area contributed by atoms with E-state index in [0.29, 0.717) is 6.04 Å². The van der Waals surface area contributed by atoms with Gasteiger partial charge in [-0.3, -0.25) is 4.68 Å². The lowest BCUT2D eigenvalue weighted by atomic mass is 9.85. The van der Waals surface area contributed by atoms with Crippen molar-refractivity contribution in [2.75, 3.05) is 13.1 Å². The third-order valence-corrected chi connectivity index (χ3v) is 4.47. The van der Waals surface area contributed by atoms with Gasteiger partial charge in [-0.15, -0.1) is 6.58 Å². The molecule has 1 saturated carbocycles. The van der Waals surface area contributed by atoms with Gasteiger partial charge in [0.1, 0.15) is 0 Å². The Bertz CT molecular complexity index is 418. The molecular formula is C17H29N3. The molecular weight excluding hydrogens is 246 g/mol. The van der Waals surface area contributed by atoms with E-state index in [2.05, 4.69) is 48.8 Å². The molecule has 0 saturated heterocycles. The predicted octanol–water partition coefficient (Wildman–Crippen LogP) is 3.73. The second kappa shape index (κ2) is 7.07. The second-order valence-electron chi connectivity index (χ2n) is 6.39. The van der Waals surface area contributed by atoms with Crippen LogP contribution in [-0.4, -0.2) is 22.9 Å².